The second kappa shape index (κ2) is 6.63. The number of amides is 1. The molecule has 1 amide bonds. The number of carbonyl (C=O) groups is 1. The van der Waals surface area contributed by atoms with Gasteiger partial charge in [0, 0.05) is 31.1 Å². The van der Waals surface area contributed by atoms with Gasteiger partial charge in [-0.1, -0.05) is 0 Å². The largest absolute Gasteiger partial charge is 0.391 e. The predicted molar refractivity (Wildman–Crippen MR) is 90.6 cm³/mol. The molecule has 8 heteroatoms. The highest BCUT2D eigenvalue weighted by atomic mass is 19.4. The van der Waals surface area contributed by atoms with Crippen molar-refractivity contribution in [3.05, 3.63) is 23.0 Å². The van der Waals surface area contributed by atoms with Gasteiger partial charge < -0.3 is 5.32 Å². The SMILES string of the molecule is C#CC[C@H](CC(F)(F)F)NC(=O)c1cc(C2CC2)nc2c1c(C)nn2C. The van der Waals surface area contributed by atoms with Crippen molar-refractivity contribution in [1.29, 1.82) is 0 Å². The molecular formula is C18H19F3N4O. The fourth-order valence-electron chi connectivity index (χ4n) is 3.09. The Bertz CT molecular complexity index is 890. The maximum atomic E-state index is 12.8. The van der Waals surface area contributed by atoms with Crippen molar-refractivity contribution in [3.63, 3.8) is 0 Å². The molecule has 1 aliphatic rings. The van der Waals surface area contributed by atoms with Crippen LogP contribution in [-0.2, 0) is 7.05 Å². The molecule has 0 aliphatic heterocycles. The topological polar surface area (TPSA) is 59.8 Å². The van der Waals surface area contributed by atoms with Crippen LogP contribution in [0.1, 0.15) is 53.3 Å². The van der Waals surface area contributed by atoms with Gasteiger partial charge in [-0.3, -0.25) is 9.48 Å². The van der Waals surface area contributed by atoms with Crippen LogP contribution < -0.4 is 5.32 Å². The number of hydrogen-bond donors (Lipinski definition) is 1. The highest BCUT2D eigenvalue weighted by molar-refractivity contribution is 6.06. The number of aryl methyl sites for hydroxylation is 2. The zero-order chi connectivity index (χ0) is 19.1. The van der Waals surface area contributed by atoms with Gasteiger partial charge in [0.15, 0.2) is 5.65 Å². The highest BCUT2D eigenvalue weighted by Crippen LogP contribution is 2.40. The third kappa shape index (κ3) is 3.82. The molecule has 5 nitrogen and oxygen atoms in total. The molecule has 0 aromatic carbocycles. The van der Waals surface area contributed by atoms with E-state index in [0.717, 1.165) is 18.5 Å². The average Bonchev–Trinajstić information content (AvgIpc) is 3.33. The van der Waals surface area contributed by atoms with Crippen LogP contribution >= 0.6 is 0 Å². The zero-order valence-corrected chi connectivity index (χ0v) is 14.5. The van der Waals surface area contributed by atoms with Gasteiger partial charge in [0.05, 0.1) is 23.1 Å². The van der Waals surface area contributed by atoms with Crippen molar-refractivity contribution in [1.82, 2.24) is 20.1 Å². The Morgan fingerprint density at radius 1 is 1.50 bits per heavy atom. The summed E-state index contributed by atoms with van der Waals surface area (Å²) in [5, 5.41) is 7.29. The smallest absolute Gasteiger partial charge is 0.348 e. The zero-order valence-electron chi connectivity index (χ0n) is 14.5. The fourth-order valence-corrected chi connectivity index (χ4v) is 3.09. The summed E-state index contributed by atoms with van der Waals surface area (Å²) in [6, 6.07) is 0.502. The molecule has 2 aromatic heterocycles. The maximum absolute atomic E-state index is 12.8. The first-order valence-electron chi connectivity index (χ1n) is 8.35. The molecular weight excluding hydrogens is 345 g/mol. The number of nitrogens with one attached hydrogen (secondary N) is 1. The lowest BCUT2D eigenvalue weighted by Gasteiger charge is -2.18. The molecule has 3 rings (SSSR count). The van der Waals surface area contributed by atoms with Gasteiger partial charge >= 0.3 is 6.18 Å². The van der Waals surface area contributed by atoms with Crippen LogP contribution in [0.5, 0.6) is 0 Å². The van der Waals surface area contributed by atoms with Crippen LogP contribution in [0, 0.1) is 19.3 Å². The Balaban J connectivity index is 1.97. The first kappa shape index (κ1) is 18.2. The Labute approximate surface area is 149 Å². The second-order valence-corrected chi connectivity index (χ2v) is 6.67. The molecule has 2 heterocycles. The fraction of sp³-hybridized carbons (Fsp3) is 0.500. The first-order valence-corrected chi connectivity index (χ1v) is 8.35. The summed E-state index contributed by atoms with van der Waals surface area (Å²) in [4.78, 5) is 17.4. The van der Waals surface area contributed by atoms with E-state index >= 15 is 0 Å². The number of pyridine rings is 1. The number of rotatable bonds is 5. The molecule has 0 unspecified atom stereocenters. The number of terminal acetylenes is 1. The van der Waals surface area contributed by atoms with Crippen molar-refractivity contribution >= 4 is 16.9 Å². The van der Waals surface area contributed by atoms with Crippen LogP contribution in [0.25, 0.3) is 11.0 Å². The Morgan fingerprint density at radius 3 is 2.77 bits per heavy atom. The van der Waals surface area contributed by atoms with Crippen LogP contribution in [0.4, 0.5) is 13.2 Å². The summed E-state index contributed by atoms with van der Waals surface area (Å²) in [6.07, 6.45) is 1.37. The van der Waals surface area contributed by atoms with E-state index < -0.39 is 24.5 Å². The van der Waals surface area contributed by atoms with Gasteiger partial charge in [-0.15, -0.1) is 12.3 Å². The number of alkyl halides is 3. The van der Waals surface area contributed by atoms with Crippen LogP contribution in [0.15, 0.2) is 6.07 Å². The molecule has 0 radical (unpaired) electrons. The lowest BCUT2D eigenvalue weighted by Crippen LogP contribution is -2.38. The Morgan fingerprint density at radius 2 is 2.19 bits per heavy atom. The number of hydrogen-bond acceptors (Lipinski definition) is 3. The van der Waals surface area contributed by atoms with Gasteiger partial charge in [-0.25, -0.2) is 4.98 Å². The van der Waals surface area contributed by atoms with E-state index in [1.807, 2.05) is 0 Å². The first-order chi connectivity index (χ1) is 12.2. The van der Waals surface area contributed by atoms with Crippen LogP contribution in [-0.4, -0.2) is 32.9 Å². The van der Waals surface area contributed by atoms with Crippen molar-refractivity contribution in [2.75, 3.05) is 0 Å². The normalized spacial score (nSPS) is 15.7. The lowest BCUT2D eigenvalue weighted by atomic mass is 10.1. The minimum absolute atomic E-state index is 0.193. The maximum Gasteiger partial charge on any atom is 0.391 e. The van der Waals surface area contributed by atoms with E-state index in [1.54, 1.807) is 24.7 Å². The number of carbonyl (C=O) groups excluding carboxylic acids is 1. The van der Waals surface area contributed by atoms with E-state index in [-0.39, 0.29) is 12.3 Å². The number of aromatic nitrogens is 3. The van der Waals surface area contributed by atoms with Gasteiger partial charge in [0.2, 0.25) is 0 Å². The van der Waals surface area contributed by atoms with Gasteiger partial charge in [0.25, 0.3) is 5.91 Å². The third-order valence-corrected chi connectivity index (χ3v) is 4.41. The average molecular weight is 364 g/mol. The summed E-state index contributed by atoms with van der Waals surface area (Å²) < 4.78 is 39.8. The summed E-state index contributed by atoms with van der Waals surface area (Å²) >= 11 is 0. The molecule has 0 bridgehead atoms. The Hall–Kier alpha value is -2.56. The number of nitrogens with zero attached hydrogens (tertiary/aromatic N) is 3. The molecule has 1 fully saturated rings. The van der Waals surface area contributed by atoms with Crippen molar-refractivity contribution in [3.8, 4) is 12.3 Å². The predicted octanol–water partition coefficient (Wildman–Crippen LogP) is 3.23. The number of fused-ring (bicyclic) bond motifs is 1. The molecule has 26 heavy (non-hydrogen) atoms. The summed E-state index contributed by atoms with van der Waals surface area (Å²) in [5.41, 5.74) is 2.23. The molecule has 1 aliphatic carbocycles. The monoisotopic (exact) mass is 364 g/mol. The quantitative estimate of drug-likeness (QED) is 0.829. The highest BCUT2D eigenvalue weighted by Gasteiger charge is 2.33. The van der Waals surface area contributed by atoms with Crippen molar-refractivity contribution in [2.24, 2.45) is 7.05 Å². The van der Waals surface area contributed by atoms with Crippen molar-refractivity contribution in [2.45, 2.75) is 50.7 Å². The van der Waals surface area contributed by atoms with Crippen LogP contribution in [0.2, 0.25) is 0 Å². The van der Waals surface area contributed by atoms with E-state index in [0.29, 0.717) is 22.3 Å². The van der Waals surface area contributed by atoms with E-state index in [1.165, 1.54) is 0 Å². The van der Waals surface area contributed by atoms with Crippen molar-refractivity contribution < 1.29 is 18.0 Å². The summed E-state index contributed by atoms with van der Waals surface area (Å²) in [6.45, 7) is 1.74. The molecule has 1 atom stereocenters. The Kier molecular flexibility index (Phi) is 4.65. The second-order valence-electron chi connectivity index (χ2n) is 6.67. The van der Waals surface area contributed by atoms with Crippen LogP contribution in [0.3, 0.4) is 0 Å². The van der Waals surface area contributed by atoms with Gasteiger partial charge in [-0.05, 0) is 25.8 Å². The summed E-state index contributed by atoms with van der Waals surface area (Å²) in [5.74, 6) is 1.90. The van der Waals surface area contributed by atoms with E-state index in [2.05, 4.69) is 21.3 Å². The molecule has 1 N–H and O–H groups in total. The molecule has 0 saturated heterocycles. The minimum Gasteiger partial charge on any atom is -0.348 e. The molecule has 0 spiro atoms. The third-order valence-electron chi connectivity index (χ3n) is 4.41. The minimum atomic E-state index is -4.41. The lowest BCUT2D eigenvalue weighted by molar-refractivity contribution is -0.139. The van der Waals surface area contributed by atoms with E-state index in [9.17, 15) is 18.0 Å². The van der Waals surface area contributed by atoms with E-state index in [4.69, 9.17) is 6.42 Å². The standard InChI is InChI=1S/C18H19F3N4O/c1-4-5-12(9-18(19,20)21)22-17(26)13-8-14(11-6-7-11)23-16-15(13)10(2)24-25(16)3/h1,8,11-12H,5-7,9H2,2-3H3,(H,22,26)/t12-/m1/s1. The summed E-state index contributed by atoms with van der Waals surface area (Å²) in [7, 11) is 1.73. The molecule has 1 saturated carbocycles. The van der Waals surface area contributed by atoms with Gasteiger partial charge in [0.1, 0.15) is 0 Å². The van der Waals surface area contributed by atoms with Gasteiger partial charge in [-0.2, -0.15) is 18.3 Å². The molecule has 138 valence electrons. The molecule has 2 aromatic rings. The number of halogens is 3.